The smallest absolute Gasteiger partial charge is 0.780 e. The second kappa shape index (κ2) is 4.66. The molecule has 0 aromatic heterocycles. The number of non-ortho nitro benzene ring substituents is 1. The van der Waals surface area contributed by atoms with E-state index in [1.165, 1.54) is 24.3 Å². The Bertz CT molecular complexity index is 249. The van der Waals surface area contributed by atoms with E-state index in [4.69, 9.17) is 12.6 Å². The molecular weight excluding hydrogens is 173 g/mol. The van der Waals surface area contributed by atoms with Gasteiger partial charge in [0.2, 0.25) is 0 Å². The summed E-state index contributed by atoms with van der Waals surface area (Å²) in [7, 11) is 0. The second-order valence-electron chi connectivity index (χ2n) is 1.75. The van der Waals surface area contributed by atoms with Crippen LogP contribution < -0.4 is 29.6 Å². The van der Waals surface area contributed by atoms with Gasteiger partial charge in [0.15, 0.2) is 0 Å². The van der Waals surface area contributed by atoms with Crippen LogP contribution in [0.5, 0.6) is 0 Å². The van der Waals surface area contributed by atoms with Crippen LogP contribution in [0.3, 0.4) is 0 Å². The van der Waals surface area contributed by atoms with Crippen molar-refractivity contribution in [3.05, 3.63) is 34.4 Å². The van der Waals surface area contributed by atoms with Gasteiger partial charge in [0.1, 0.15) is 0 Å². The van der Waals surface area contributed by atoms with Crippen molar-refractivity contribution in [1.82, 2.24) is 0 Å². The predicted octanol–water partition coefficient (Wildman–Crippen LogP) is -1.50. The van der Waals surface area contributed by atoms with Crippen LogP contribution in [0, 0.1) is 10.1 Å². The third kappa shape index (κ3) is 3.16. The van der Waals surface area contributed by atoms with Gasteiger partial charge in [0, 0.05) is 12.1 Å². The van der Waals surface area contributed by atoms with Crippen LogP contribution >= 0.6 is 0 Å². The van der Waals surface area contributed by atoms with Gasteiger partial charge in [-0.05, 0) is 0 Å². The molecule has 0 atom stereocenters. The molecule has 0 saturated heterocycles. The minimum Gasteiger partial charge on any atom is -0.780 e. The molecule has 0 spiro atoms. The van der Waals surface area contributed by atoms with E-state index < -0.39 is 4.92 Å². The normalized spacial score (nSPS) is 8.36. The topological polar surface area (TPSA) is 43.1 Å². The summed E-state index contributed by atoms with van der Waals surface area (Å²) in [5.41, 5.74) is 0.0774. The average Bonchev–Trinajstić information content (AvgIpc) is 1.88. The van der Waals surface area contributed by atoms with Crippen LogP contribution in [0.4, 0.5) is 5.69 Å². The molecule has 0 aliphatic rings. The third-order valence-corrected chi connectivity index (χ3v) is 1.32. The van der Waals surface area contributed by atoms with Gasteiger partial charge >= 0.3 is 29.6 Å². The molecular formula is C6H4NNaO2S. The van der Waals surface area contributed by atoms with E-state index in [-0.39, 0.29) is 35.2 Å². The Balaban J connectivity index is 0.000001000. The molecule has 1 aromatic carbocycles. The van der Waals surface area contributed by atoms with E-state index in [2.05, 4.69) is 0 Å². The van der Waals surface area contributed by atoms with Crippen LogP contribution in [0.2, 0.25) is 0 Å². The monoisotopic (exact) mass is 177 g/mol. The minimum atomic E-state index is -0.450. The maximum atomic E-state index is 10.1. The number of hydrogen-bond donors (Lipinski definition) is 0. The molecule has 0 amide bonds. The first-order valence-corrected chi connectivity index (χ1v) is 3.02. The molecule has 52 valence electrons. The molecule has 0 saturated carbocycles. The zero-order valence-electron chi connectivity index (χ0n) is 5.98. The van der Waals surface area contributed by atoms with Crippen molar-refractivity contribution < 1.29 is 34.5 Å². The number of nitro benzene ring substituents is 1. The number of nitro groups is 1. The van der Waals surface area contributed by atoms with Crippen molar-refractivity contribution in [2.45, 2.75) is 4.90 Å². The Morgan fingerprint density at radius 1 is 1.27 bits per heavy atom. The van der Waals surface area contributed by atoms with Crippen LogP contribution in [0.1, 0.15) is 0 Å². The Morgan fingerprint density at radius 3 is 2.09 bits per heavy atom. The first-order valence-electron chi connectivity index (χ1n) is 2.61. The van der Waals surface area contributed by atoms with E-state index in [1.807, 2.05) is 0 Å². The molecule has 0 radical (unpaired) electrons. The molecule has 11 heavy (non-hydrogen) atoms. The Hall–Kier alpha value is -0.160. The molecule has 0 aliphatic carbocycles. The molecule has 1 rings (SSSR count). The summed E-state index contributed by atoms with van der Waals surface area (Å²) in [6, 6.07) is 5.85. The quantitative estimate of drug-likeness (QED) is 0.227. The fraction of sp³-hybridized carbons (Fsp3) is 0. The summed E-state index contributed by atoms with van der Waals surface area (Å²) in [6.45, 7) is 0. The fourth-order valence-corrected chi connectivity index (χ4v) is 0.704. The largest absolute Gasteiger partial charge is 1.00 e. The van der Waals surface area contributed by atoms with Crippen molar-refractivity contribution in [3.63, 3.8) is 0 Å². The van der Waals surface area contributed by atoms with Crippen molar-refractivity contribution in [2.75, 3.05) is 0 Å². The molecule has 0 N–H and O–H groups in total. The molecule has 3 nitrogen and oxygen atoms in total. The summed E-state index contributed by atoms with van der Waals surface area (Å²) in [5, 5.41) is 10.1. The van der Waals surface area contributed by atoms with Gasteiger partial charge in [-0.1, -0.05) is 12.1 Å². The molecule has 0 unspecified atom stereocenters. The average molecular weight is 177 g/mol. The van der Waals surface area contributed by atoms with Crippen molar-refractivity contribution in [3.8, 4) is 0 Å². The number of rotatable bonds is 1. The van der Waals surface area contributed by atoms with Gasteiger partial charge in [0.25, 0.3) is 5.69 Å². The Labute approximate surface area is 91.7 Å². The fourth-order valence-electron chi connectivity index (χ4n) is 0.568. The van der Waals surface area contributed by atoms with Crippen LogP contribution in [0.25, 0.3) is 0 Å². The summed E-state index contributed by atoms with van der Waals surface area (Å²) in [5.74, 6) is 0. The van der Waals surface area contributed by atoms with E-state index in [9.17, 15) is 10.1 Å². The molecule has 0 bridgehead atoms. The number of hydrogen-bond acceptors (Lipinski definition) is 3. The number of benzene rings is 1. The predicted molar refractivity (Wildman–Crippen MR) is 38.7 cm³/mol. The van der Waals surface area contributed by atoms with E-state index >= 15 is 0 Å². The van der Waals surface area contributed by atoms with Crippen molar-refractivity contribution >= 4 is 18.3 Å². The van der Waals surface area contributed by atoms with Crippen LogP contribution in [-0.2, 0) is 12.6 Å². The first kappa shape index (κ1) is 10.8. The maximum absolute atomic E-state index is 10.1. The molecule has 0 aliphatic heterocycles. The van der Waals surface area contributed by atoms with Gasteiger partial charge in [-0.2, -0.15) is 4.90 Å². The van der Waals surface area contributed by atoms with E-state index in [0.29, 0.717) is 4.90 Å². The first-order chi connectivity index (χ1) is 4.70. The van der Waals surface area contributed by atoms with Gasteiger partial charge < -0.3 is 12.6 Å². The third-order valence-electron chi connectivity index (χ3n) is 1.05. The van der Waals surface area contributed by atoms with Gasteiger partial charge in [-0.3, -0.25) is 10.1 Å². The van der Waals surface area contributed by atoms with E-state index in [1.54, 1.807) is 0 Å². The van der Waals surface area contributed by atoms with Gasteiger partial charge in [-0.25, -0.2) is 0 Å². The van der Waals surface area contributed by atoms with Crippen molar-refractivity contribution in [2.24, 2.45) is 0 Å². The summed E-state index contributed by atoms with van der Waals surface area (Å²) < 4.78 is 0. The van der Waals surface area contributed by atoms with E-state index in [0.717, 1.165) is 0 Å². The Morgan fingerprint density at radius 2 is 1.73 bits per heavy atom. The molecule has 5 heteroatoms. The summed E-state index contributed by atoms with van der Waals surface area (Å²) in [6.07, 6.45) is 0. The van der Waals surface area contributed by atoms with Gasteiger partial charge in [0.05, 0.1) is 4.92 Å². The van der Waals surface area contributed by atoms with Gasteiger partial charge in [-0.15, -0.1) is 0 Å². The molecule has 0 fully saturated rings. The minimum absolute atomic E-state index is 0. The zero-order chi connectivity index (χ0) is 7.56. The molecule has 1 aromatic rings. The van der Waals surface area contributed by atoms with Crippen LogP contribution in [0.15, 0.2) is 29.2 Å². The molecule has 0 heterocycles. The zero-order valence-corrected chi connectivity index (χ0v) is 8.80. The maximum Gasteiger partial charge on any atom is 1.00 e. The SMILES string of the molecule is O=[N+]([O-])c1ccc([S-])cc1.[Na+]. The summed E-state index contributed by atoms with van der Waals surface area (Å²) in [4.78, 5) is 10.3. The van der Waals surface area contributed by atoms with Crippen molar-refractivity contribution in [1.29, 1.82) is 0 Å². The summed E-state index contributed by atoms with van der Waals surface area (Å²) >= 11 is 4.74. The Kier molecular flexibility index (Phi) is 4.60. The second-order valence-corrected chi connectivity index (χ2v) is 2.22. The number of nitrogens with zero attached hydrogens (tertiary/aromatic N) is 1. The standard InChI is InChI=1S/C6H5NO2S.Na/c8-7(9)5-1-3-6(10)4-2-5;/h1-4,10H;/q;+1/p-1. The van der Waals surface area contributed by atoms with Crippen LogP contribution in [-0.4, -0.2) is 4.92 Å².